The summed E-state index contributed by atoms with van der Waals surface area (Å²) in [6.07, 6.45) is -1.70. The fourth-order valence-corrected chi connectivity index (χ4v) is 1.28. The van der Waals surface area contributed by atoms with Gasteiger partial charge in [0.2, 0.25) is 0 Å². The highest BCUT2D eigenvalue weighted by Crippen LogP contribution is 2.17. The number of nitrogens with zero attached hydrogens (tertiary/aromatic N) is 2. The molecule has 0 saturated carbocycles. The Kier molecular flexibility index (Phi) is 4.54. The zero-order valence-corrected chi connectivity index (χ0v) is 8.78. The predicted octanol–water partition coefficient (Wildman–Crippen LogP) is 1.15. The van der Waals surface area contributed by atoms with Gasteiger partial charge in [-0.2, -0.15) is 5.10 Å². The van der Waals surface area contributed by atoms with Crippen molar-refractivity contribution in [3.8, 4) is 0 Å². The van der Waals surface area contributed by atoms with Gasteiger partial charge in [-0.15, -0.1) is 16.7 Å². The van der Waals surface area contributed by atoms with E-state index >= 15 is 0 Å². The third-order valence-electron chi connectivity index (χ3n) is 1.72. The van der Waals surface area contributed by atoms with Crippen LogP contribution >= 0.6 is 23.2 Å². The Morgan fingerprint density at radius 3 is 2.50 bits per heavy atom. The van der Waals surface area contributed by atoms with Gasteiger partial charge in [0.1, 0.15) is 6.10 Å². The second-order valence-electron chi connectivity index (χ2n) is 2.77. The molecule has 2 unspecified atom stereocenters. The van der Waals surface area contributed by atoms with Crippen molar-refractivity contribution in [2.75, 3.05) is 5.88 Å². The summed E-state index contributed by atoms with van der Waals surface area (Å²) in [5.41, 5.74) is 0.284. The summed E-state index contributed by atoms with van der Waals surface area (Å²) in [6.45, 7) is 0. The molecule has 0 amide bonds. The molecule has 4 nitrogen and oxygen atoms in total. The topological polar surface area (TPSA) is 66.2 Å². The molecule has 1 aromatic rings. The quantitative estimate of drug-likeness (QED) is 0.771. The van der Waals surface area contributed by atoms with Gasteiger partial charge in [0, 0.05) is 5.88 Å². The van der Waals surface area contributed by atoms with E-state index in [2.05, 4.69) is 10.2 Å². The minimum atomic E-state index is -1.07. The first-order valence-electron chi connectivity index (χ1n) is 4.06. The van der Waals surface area contributed by atoms with E-state index < -0.39 is 12.2 Å². The second-order valence-corrected chi connectivity index (χ2v) is 3.54. The van der Waals surface area contributed by atoms with E-state index in [1.165, 1.54) is 12.1 Å². The molecule has 0 saturated heterocycles. The molecule has 1 heterocycles. The van der Waals surface area contributed by atoms with Gasteiger partial charge in [0.15, 0.2) is 5.15 Å². The fourth-order valence-electron chi connectivity index (χ4n) is 0.951. The number of aromatic nitrogens is 2. The number of hydrogen-bond acceptors (Lipinski definition) is 4. The van der Waals surface area contributed by atoms with Crippen LogP contribution in [0.3, 0.4) is 0 Å². The van der Waals surface area contributed by atoms with Crippen LogP contribution in [0.25, 0.3) is 0 Å². The van der Waals surface area contributed by atoms with Gasteiger partial charge >= 0.3 is 0 Å². The van der Waals surface area contributed by atoms with Gasteiger partial charge in [0.05, 0.1) is 11.8 Å². The molecule has 0 aliphatic carbocycles. The first-order valence-corrected chi connectivity index (χ1v) is 4.97. The Bertz CT molecular complexity index is 281. The lowest BCUT2D eigenvalue weighted by Gasteiger charge is -2.15. The molecule has 0 fully saturated rings. The molecule has 2 N–H and O–H groups in total. The van der Waals surface area contributed by atoms with Crippen molar-refractivity contribution < 1.29 is 10.2 Å². The minimum Gasteiger partial charge on any atom is -0.390 e. The van der Waals surface area contributed by atoms with E-state index in [0.717, 1.165) is 0 Å². The number of alkyl halides is 1. The molecule has 1 aromatic heterocycles. The van der Waals surface area contributed by atoms with Gasteiger partial charge in [0.25, 0.3) is 0 Å². The predicted molar refractivity (Wildman–Crippen MR) is 53.3 cm³/mol. The van der Waals surface area contributed by atoms with Crippen LogP contribution in [0.5, 0.6) is 0 Å². The third-order valence-corrected chi connectivity index (χ3v) is 2.14. The van der Waals surface area contributed by atoms with E-state index in [4.69, 9.17) is 23.2 Å². The molecular formula is C8H10Cl2N2O2. The molecule has 0 radical (unpaired) electrons. The number of hydrogen-bond donors (Lipinski definition) is 2. The van der Waals surface area contributed by atoms with Gasteiger partial charge in [-0.1, -0.05) is 11.6 Å². The standard InChI is InChI=1S/C8H10Cl2N2O2/c9-4-3-6(13)8(14)5-1-2-7(10)12-11-5/h1-2,6,8,13-14H,3-4H2. The largest absolute Gasteiger partial charge is 0.390 e. The summed E-state index contributed by atoms with van der Waals surface area (Å²) in [5.74, 6) is 0.277. The van der Waals surface area contributed by atoms with Crippen molar-refractivity contribution >= 4 is 23.2 Å². The molecule has 0 aromatic carbocycles. The number of aliphatic hydroxyl groups is 2. The Labute approximate surface area is 91.5 Å². The summed E-state index contributed by atoms with van der Waals surface area (Å²) in [6, 6.07) is 3.01. The van der Waals surface area contributed by atoms with E-state index in [-0.39, 0.29) is 16.7 Å². The van der Waals surface area contributed by atoms with Crippen molar-refractivity contribution in [1.29, 1.82) is 0 Å². The highest BCUT2D eigenvalue weighted by Gasteiger charge is 2.19. The van der Waals surface area contributed by atoms with Gasteiger partial charge in [-0.25, -0.2) is 0 Å². The minimum absolute atomic E-state index is 0.243. The maximum atomic E-state index is 9.56. The summed E-state index contributed by atoms with van der Waals surface area (Å²) in [5, 5.41) is 26.4. The van der Waals surface area contributed by atoms with Crippen LogP contribution in [0.2, 0.25) is 5.15 Å². The Morgan fingerprint density at radius 2 is 2.00 bits per heavy atom. The van der Waals surface area contributed by atoms with Crippen molar-refractivity contribution in [2.24, 2.45) is 0 Å². The lowest BCUT2D eigenvalue weighted by molar-refractivity contribution is 0.0139. The Hall–Kier alpha value is -0.420. The highest BCUT2D eigenvalue weighted by atomic mass is 35.5. The highest BCUT2D eigenvalue weighted by molar-refractivity contribution is 6.29. The maximum absolute atomic E-state index is 9.56. The van der Waals surface area contributed by atoms with Crippen molar-refractivity contribution in [3.05, 3.63) is 23.0 Å². The lowest BCUT2D eigenvalue weighted by Crippen LogP contribution is -2.19. The average molecular weight is 237 g/mol. The lowest BCUT2D eigenvalue weighted by atomic mass is 10.1. The molecule has 0 aliphatic heterocycles. The molecule has 1 rings (SSSR count). The third kappa shape index (κ3) is 3.06. The van der Waals surface area contributed by atoms with Crippen molar-refractivity contribution in [1.82, 2.24) is 10.2 Å². The Morgan fingerprint density at radius 1 is 1.29 bits per heavy atom. The second kappa shape index (κ2) is 5.46. The first kappa shape index (κ1) is 11.7. The van der Waals surface area contributed by atoms with Crippen LogP contribution in [0.1, 0.15) is 18.2 Å². The first-order chi connectivity index (χ1) is 6.65. The molecule has 14 heavy (non-hydrogen) atoms. The summed E-state index contributed by atoms with van der Waals surface area (Å²) >= 11 is 10.9. The van der Waals surface area contributed by atoms with Crippen LogP contribution in [-0.2, 0) is 0 Å². The van der Waals surface area contributed by atoms with Crippen molar-refractivity contribution in [3.63, 3.8) is 0 Å². The molecular weight excluding hydrogens is 227 g/mol. The van der Waals surface area contributed by atoms with Gasteiger partial charge in [-0.3, -0.25) is 0 Å². The molecule has 0 aliphatic rings. The zero-order valence-electron chi connectivity index (χ0n) is 7.27. The van der Waals surface area contributed by atoms with Crippen molar-refractivity contribution in [2.45, 2.75) is 18.6 Å². The summed E-state index contributed by atoms with van der Waals surface area (Å²) in [7, 11) is 0. The van der Waals surface area contributed by atoms with Gasteiger partial charge < -0.3 is 10.2 Å². The summed E-state index contributed by atoms with van der Waals surface area (Å²) < 4.78 is 0. The maximum Gasteiger partial charge on any atom is 0.151 e. The van der Waals surface area contributed by atoms with Crippen LogP contribution in [0, 0.1) is 0 Å². The van der Waals surface area contributed by atoms with E-state index in [0.29, 0.717) is 6.42 Å². The smallest absolute Gasteiger partial charge is 0.151 e. The average Bonchev–Trinajstić information content (AvgIpc) is 2.18. The molecule has 6 heteroatoms. The van der Waals surface area contributed by atoms with E-state index in [1.54, 1.807) is 0 Å². The molecule has 0 bridgehead atoms. The molecule has 78 valence electrons. The summed E-state index contributed by atoms with van der Waals surface area (Å²) in [4.78, 5) is 0. The van der Waals surface area contributed by atoms with Crippen LogP contribution in [0.4, 0.5) is 0 Å². The normalized spacial score (nSPS) is 15.1. The van der Waals surface area contributed by atoms with E-state index in [9.17, 15) is 10.2 Å². The number of aliphatic hydroxyl groups excluding tert-OH is 2. The molecule has 2 atom stereocenters. The van der Waals surface area contributed by atoms with Crippen LogP contribution in [-0.4, -0.2) is 32.4 Å². The molecule has 0 spiro atoms. The Balaban J connectivity index is 2.68. The van der Waals surface area contributed by atoms with E-state index in [1.807, 2.05) is 0 Å². The van der Waals surface area contributed by atoms with Crippen LogP contribution < -0.4 is 0 Å². The van der Waals surface area contributed by atoms with Crippen LogP contribution in [0.15, 0.2) is 12.1 Å². The zero-order chi connectivity index (χ0) is 10.6. The number of rotatable bonds is 4. The monoisotopic (exact) mass is 236 g/mol. The fraction of sp³-hybridized carbons (Fsp3) is 0.500. The number of halogens is 2. The van der Waals surface area contributed by atoms with Gasteiger partial charge in [-0.05, 0) is 18.6 Å². The SMILES string of the molecule is OC(CCCl)C(O)c1ccc(Cl)nn1.